The van der Waals surface area contributed by atoms with Gasteiger partial charge >= 0.3 is 0 Å². The molecule has 4 rings (SSSR count). The van der Waals surface area contributed by atoms with Gasteiger partial charge in [0.15, 0.2) is 5.76 Å². The Bertz CT molecular complexity index is 797. The van der Waals surface area contributed by atoms with Gasteiger partial charge in [0.2, 0.25) is 0 Å². The fourth-order valence-electron chi connectivity index (χ4n) is 3.97. The molecular weight excluding hydrogens is 354 g/mol. The number of carbonyl (C=O) groups excluding carboxylic acids is 1. The Morgan fingerprint density at radius 3 is 2.61 bits per heavy atom. The normalized spacial score (nSPS) is 21.1. The monoisotopic (exact) mass is 383 g/mol. The van der Waals surface area contributed by atoms with Crippen LogP contribution in [0.25, 0.3) is 0 Å². The van der Waals surface area contributed by atoms with Crippen LogP contribution in [-0.4, -0.2) is 74.2 Å². The number of hydrogen-bond donors (Lipinski definition) is 0. The summed E-state index contributed by atoms with van der Waals surface area (Å²) >= 11 is 0. The molecule has 2 aromatic rings. The molecular formula is C22H29N3O3. The van der Waals surface area contributed by atoms with E-state index in [1.807, 2.05) is 4.90 Å². The molecule has 1 atom stereocenters. The molecule has 1 aromatic carbocycles. The Hall–Kier alpha value is -2.31. The summed E-state index contributed by atoms with van der Waals surface area (Å²) in [5.74, 6) is 0.362. The zero-order valence-corrected chi connectivity index (χ0v) is 16.8. The molecule has 28 heavy (non-hydrogen) atoms. The maximum atomic E-state index is 12.5. The lowest BCUT2D eigenvalue weighted by Crippen LogP contribution is -2.53. The van der Waals surface area contributed by atoms with Crippen molar-refractivity contribution in [3.63, 3.8) is 0 Å². The lowest BCUT2D eigenvalue weighted by Gasteiger charge is -2.40. The lowest BCUT2D eigenvalue weighted by atomic mass is 10.1. The fraction of sp³-hybridized carbons (Fsp3) is 0.500. The molecule has 1 amide bonds. The Morgan fingerprint density at radius 1 is 1.07 bits per heavy atom. The highest BCUT2D eigenvalue weighted by molar-refractivity contribution is 5.91. The van der Waals surface area contributed by atoms with E-state index < -0.39 is 0 Å². The summed E-state index contributed by atoms with van der Waals surface area (Å²) in [5, 5.41) is 0. The van der Waals surface area contributed by atoms with E-state index in [0.717, 1.165) is 32.7 Å². The number of anilines is 1. The van der Waals surface area contributed by atoms with E-state index in [1.165, 1.54) is 16.8 Å². The van der Waals surface area contributed by atoms with Crippen LogP contribution in [0.3, 0.4) is 0 Å². The second kappa shape index (κ2) is 8.37. The fourth-order valence-corrected chi connectivity index (χ4v) is 3.97. The largest absolute Gasteiger partial charge is 0.459 e. The summed E-state index contributed by atoms with van der Waals surface area (Å²) in [6.45, 7) is 11.1. The number of ether oxygens (including phenoxy) is 1. The lowest BCUT2D eigenvalue weighted by molar-refractivity contribution is -0.0370. The van der Waals surface area contributed by atoms with Gasteiger partial charge in [-0.25, -0.2) is 0 Å². The number of hydrogen-bond acceptors (Lipinski definition) is 5. The van der Waals surface area contributed by atoms with Crippen LogP contribution in [0.2, 0.25) is 0 Å². The number of carbonyl (C=O) groups is 1. The molecule has 2 fully saturated rings. The van der Waals surface area contributed by atoms with E-state index in [1.54, 1.807) is 18.4 Å². The average Bonchev–Trinajstić information content (AvgIpc) is 3.25. The average molecular weight is 383 g/mol. The summed E-state index contributed by atoms with van der Waals surface area (Å²) < 4.78 is 11.2. The number of furan rings is 1. The molecule has 1 aromatic heterocycles. The van der Waals surface area contributed by atoms with Gasteiger partial charge in [0.1, 0.15) is 0 Å². The summed E-state index contributed by atoms with van der Waals surface area (Å²) in [5.41, 5.74) is 3.99. The molecule has 3 heterocycles. The summed E-state index contributed by atoms with van der Waals surface area (Å²) in [4.78, 5) is 19.3. The topological polar surface area (TPSA) is 49.2 Å². The summed E-state index contributed by atoms with van der Waals surface area (Å²) in [6, 6.07) is 10.2. The summed E-state index contributed by atoms with van der Waals surface area (Å²) in [7, 11) is 0. The van der Waals surface area contributed by atoms with E-state index in [9.17, 15) is 4.79 Å². The van der Waals surface area contributed by atoms with Crippen molar-refractivity contribution < 1.29 is 13.9 Å². The second-order valence-electron chi connectivity index (χ2n) is 7.78. The van der Waals surface area contributed by atoms with Crippen molar-refractivity contribution in [1.82, 2.24) is 9.80 Å². The number of rotatable bonds is 4. The quantitative estimate of drug-likeness (QED) is 0.812. The van der Waals surface area contributed by atoms with Gasteiger partial charge in [-0.1, -0.05) is 6.07 Å². The molecule has 2 aliphatic rings. The van der Waals surface area contributed by atoms with E-state index >= 15 is 0 Å². The van der Waals surface area contributed by atoms with E-state index in [4.69, 9.17) is 9.15 Å². The number of aryl methyl sites for hydroxylation is 2. The van der Waals surface area contributed by atoms with Gasteiger partial charge in [-0.05, 0) is 49.2 Å². The number of morpholine rings is 1. The molecule has 0 spiro atoms. The highest BCUT2D eigenvalue weighted by atomic mass is 16.5. The third-order valence-electron chi connectivity index (χ3n) is 5.85. The van der Waals surface area contributed by atoms with Crippen molar-refractivity contribution in [2.24, 2.45) is 0 Å². The molecule has 150 valence electrons. The smallest absolute Gasteiger partial charge is 0.289 e. The summed E-state index contributed by atoms with van der Waals surface area (Å²) in [6.07, 6.45) is 1.60. The number of benzene rings is 1. The first kappa shape index (κ1) is 19.0. The van der Waals surface area contributed by atoms with E-state index in [2.05, 4.69) is 41.8 Å². The van der Waals surface area contributed by atoms with Crippen LogP contribution in [-0.2, 0) is 4.74 Å². The SMILES string of the molecule is Cc1ccc(N2CCN(CC3CN(C(=O)c4ccco4)CCO3)CC2)cc1C. The first-order chi connectivity index (χ1) is 13.6. The molecule has 0 radical (unpaired) electrons. The van der Waals surface area contributed by atoms with Gasteiger partial charge in [0.05, 0.1) is 19.0 Å². The maximum Gasteiger partial charge on any atom is 0.289 e. The van der Waals surface area contributed by atoms with Gasteiger partial charge in [-0.3, -0.25) is 9.69 Å². The van der Waals surface area contributed by atoms with Crippen LogP contribution in [0.15, 0.2) is 41.0 Å². The van der Waals surface area contributed by atoms with Crippen molar-refractivity contribution in [2.45, 2.75) is 20.0 Å². The van der Waals surface area contributed by atoms with E-state index in [0.29, 0.717) is 25.5 Å². The predicted molar refractivity (Wildman–Crippen MR) is 109 cm³/mol. The van der Waals surface area contributed by atoms with Crippen molar-refractivity contribution >= 4 is 11.6 Å². The standard InChI is InChI=1S/C22H29N3O3/c1-17-5-6-19(14-18(17)2)24-9-7-23(8-10-24)15-20-16-25(11-13-27-20)22(26)21-4-3-12-28-21/h3-6,12,14,20H,7-11,13,15-16H2,1-2H3. The Balaban J connectivity index is 1.28. The van der Waals surface area contributed by atoms with Gasteiger partial charge in [0, 0.05) is 51.5 Å². The third kappa shape index (κ3) is 4.23. The highest BCUT2D eigenvalue weighted by Crippen LogP contribution is 2.21. The predicted octanol–water partition coefficient (Wildman–Crippen LogP) is 2.56. The van der Waals surface area contributed by atoms with Crippen LogP contribution in [0, 0.1) is 13.8 Å². The molecule has 2 aliphatic heterocycles. The van der Waals surface area contributed by atoms with E-state index in [-0.39, 0.29) is 12.0 Å². The molecule has 6 nitrogen and oxygen atoms in total. The van der Waals surface area contributed by atoms with Crippen molar-refractivity contribution in [3.05, 3.63) is 53.5 Å². The minimum Gasteiger partial charge on any atom is -0.459 e. The van der Waals surface area contributed by atoms with Crippen LogP contribution < -0.4 is 4.90 Å². The second-order valence-corrected chi connectivity index (χ2v) is 7.78. The van der Waals surface area contributed by atoms with Crippen LogP contribution in [0.4, 0.5) is 5.69 Å². The van der Waals surface area contributed by atoms with Crippen molar-refractivity contribution in [3.8, 4) is 0 Å². The van der Waals surface area contributed by atoms with Gasteiger partial charge < -0.3 is 19.0 Å². The Morgan fingerprint density at radius 2 is 1.89 bits per heavy atom. The van der Waals surface area contributed by atoms with Crippen molar-refractivity contribution in [2.75, 3.05) is 57.3 Å². The number of nitrogens with zero attached hydrogens (tertiary/aromatic N) is 3. The third-order valence-corrected chi connectivity index (χ3v) is 5.85. The molecule has 6 heteroatoms. The first-order valence-electron chi connectivity index (χ1n) is 10.1. The maximum absolute atomic E-state index is 12.5. The first-order valence-corrected chi connectivity index (χ1v) is 10.1. The minimum absolute atomic E-state index is 0.0436. The zero-order valence-electron chi connectivity index (χ0n) is 16.8. The van der Waals surface area contributed by atoms with Gasteiger partial charge in [-0.15, -0.1) is 0 Å². The Kier molecular flexibility index (Phi) is 5.69. The minimum atomic E-state index is -0.0436. The number of piperazine rings is 1. The van der Waals surface area contributed by atoms with Gasteiger partial charge in [-0.2, -0.15) is 0 Å². The number of amides is 1. The zero-order chi connectivity index (χ0) is 19.5. The molecule has 0 bridgehead atoms. The van der Waals surface area contributed by atoms with Gasteiger partial charge in [0.25, 0.3) is 5.91 Å². The van der Waals surface area contributed by atoms with Crippen LogP contribution in [0.1, 0.15) is 21.7 Å². The molecule has 2 saturated heterocycles. The molecule has 1 unspecified atom stereocenters. The molecule has 0 N–H and O–H groups in total. The molecule has 0 saturated carbocycles. The Labute approximate surface area is 166 Å². The highest BCUT2D eigenvalue weighted by Gasteiger charge is 2.28. The molecule has 0 aliphatic carbocycles. The van der Waals surface area contributed by atoms with Crippen LogP contribution in [0.5, 0.6) is 0 Å². The van der Waals surface area contributed by atoms with Crippen molar-refractivity contribution in [1.29, 1.82) is 0 Å². The van der Waals surface area contributed by atoms with Crippen LogP contribution >= 0.6 is 0 Å².